The minimum atomic E-state index is 0.151. The highest BCUT2D eigenvalue weighted by Crippen LogP contribution is 2.42. The molecular weight excluding hydrogens is 368 g/mol. The first-order valence-corrected chi connectivity index (χ1v) is 11.8. The summed E-state index contributed by atoms with van der Waals surface area (Å²) in [7, 11) is 0. The average molecular weight is 401 g/mol. The van der Waals surface area contributed by atoms with E-state index >= 15 is 0 Å². The minimum Gasteiger partial charge on any atom is -0.373 e. The molecule has 2 fully saturated rings. The first-order valence-electron chi connectivity index (χ1n) is 11.0. The summed E-state index contributed by atoms with van der Waals surface area (Å²) in [5, 5.41) is 0. The summed E-state index contributed by atoms with van der Waals surface area (Å²) in [4.78, 5) is 16.5. The van der Waals surface area contributed by atoms with Gasteiger partial charge in [-0.25, -0.2) is 4.98 Å². The lowest BCUT2D eigenvalue weighted by atomic mass is 9.78. The fourth-order valence-corrected chi connectivity index (χ4v) is 6.57. The predicted molar refractivity (Wildman–Crippen MR) is 113 cm³/mol. The number of thiophene rings is 1. The molecule has 0 bridgehead atoms. The van der Waals surface area contributed by atoms with Gasteiger partial charge in [-0.05, 0) is 50.8 Å². The van der Waals surface area contributed by atoms with Crippen molar-refractivity contribution < 1.29 is 4.74 Å². The largest absolute Gasteiger partial charge is 0.373 e. The number of piperidine rings is 1. The Hall–Kier alpha value is -1.21. The van der Waals surface area contributed by atoms with Crippen LogP contribution < -0.4 is 0 Å². The predicted octanol–water partition coefficient (Wildman–Crippen LogP) is 4.08. The van der Waals surface area contributed by atoms with Gasteiger partial charge in [0.1, 0.15) is 0 Å². The number of likely N-dealkylation sites (tertiary alicyclic amines) is 1. The standard InChI is InChI=1S/C22H32N4OS/c1-2-10-26-11-7-18-21(24-16-23-18)22(26)8-12-25(13-9-22)15-17-5-6-20(28-17)19-4-3-14-27-19/h5-6,16,19H,2-4,7-15H2,1H3,(H,23,24)/t19-/m1/s1. The van der Waals surface area contributed by atoms with E-state index in [2.05, 4.69) is 33.8 Å². The Morgan fingerprint density at radius 2 is 2.18 bits per heavy atom. The molecule has 2 aromatic rings. The van der Waals surface area contributed by atoms with Crippen molar-refractivity contribution in [2.45, 2.75) is 63.6 Å². The second-order valence-electron chi connectivity index (χ2n) is 8.58. The molecule has 0 aromatic carbocycles. The van der Waals surface area contributed by atoms with Crippen molar-refractivity contribution in [3.05, 3.63) is 39.6 Å². The SMILES string of the molecule is CCCN1CCc2[nH]cnc2C12CCN(Cc1ccc([C@H]3CCCO3)s1)CC2. The molecule has 5 nitrogen and oxygen atoms in total. The molecule has 3 aliphatic rings. The summed E-state index contributed by atoms with van der Waals surface area (Å²) >= 11 is 1.96. The first kappa shape index (κ1) is 18.8. The zero-order chi connectivity index (χ0) is 19.0. The van der Waals surface area contributed by atoms with Gasteiger partial charge in [-0.1, -0.05) is 6.92 Å². The second-order valence-corrected chi connectivity index (χ2v) is 9.78. The topological polar surface area (TPSA) is 44.4 Å². The summed E-state index contributed by atoms with van der Waals surface area (Å²) in [6, 6.07) is 4.61. The minimum absolute atomic E-state index is 0.151. The maximum Gasteiger partial charge on any atom is 0.0926 e. The Morgan fingerprint density at radius 1 is 1.29 bits per heavy atom. The van der Waals surface area contributed by atoms with Crippen molar-refractivity contribution in [1.29, 1.82) is 0 Å². The molecule has 2 aromatic heterocycles. The lowest BCUT2D eigenvalue weighted by Gasteiger charge is -2.50. The smallest absolute Gasteiger partial charge is 0.0926 e. The van der Waals surface area contributed by atoms with E-state index in [-0.39, 0.29) is 5.54 Å². The third-order valence-corrected chi connectivity index (χ3v) is 8.04. The van der Waals surface area contributed by atoms with Gasteiger partial charge in [0.05, 0.1) is 23.7 Å². The number of imidazole rings is 1. The number of aromatic amines is 1. The summed E-state index contributed by atoms with van der Waals surface area (Å²) in [5.41, 5.74) is 2.86. The summed E-state index contributed by atoms with van der Waals surface area (Å²) in [6.45, 7) is 8.95. The van der Waals surface area contributed by atoms with Crippen LogP contribution in [0.1, 0.15) is 66.3 Å². The van der Waals surface area contributed by atoms with Crippen molar-refractivity contribution in [2.75, 3.05) is 32.8 Å². The van der Waals surface area contributed by atoms with Crippen LogP contribution in [-0.2, 0) is 23.2 Å². The molecule has 152 valence electrons. The van der Waals surface area contributed by atoms with Gasteiger partial charge in [-0.3, -0.25) is 9.80 Å². The third-order valence-electron chi connectivity index (χ3n) is 6.88. The van der Waals surface area contributed by atoms with Gasteiger partial charge in [0, 0.05) is 54.7 Å². The molecule has 3 aliphatic heterocycles. The lowest BCUT2D eigenvalue weighted by Crippen LogP contribution is -2.56. The summed E-state index contributed by atoms with van der Waals surface area (Å²) in [5.74, 6) is 0. The highest BCUT2D eigenvalue weighted by Gasteiger charge is 2.46. The van der Waals surface area contributed by atoms with Crippen LogP contribution in [0.15, 0.2) is 18.5 Å². The Kier molecular flexibility index (Phi) is 5.30. The maximum atomic E-state index is 5.86. The van der Waals surface area contributed by atoms with E-state index in [9.17, 15) is 0 Å². The van der Waals surface area contributed by atoms with Crippen molar-refractivity contribution in [1.82, 2.24) is 19.8 Å². The van der Waals surface area contributed by atoms with Gasteiger partial charge in [0.2, 0.25) is 0 Å². The van der Waals surface area contributed by atoms with E-state index < -0.39 is 0 Å². The van der Waals surface area contributed by atoms with E-state index in [4.69, 9.17) is 9.72 Å². The monoisotopic (exact) mass is 400 g/mol. The zero-order valence-electron chi connectivity index (χ0n) is 17.0. The van der Waals surface area contributed by atoms with Gasteiger partial charge >= 0.3 is 0 Å². The Bertz CT molecular complexity index is 786. The second kappa shape index (κ2) is 7.90. The number of H-pyrrole nitrogens is 1. The van der Waals surface area contributed by atoms with Crippen LogP contribution in [-0.4, -0.2) is 52.6 Å². The van der Waals surface area contributed by atoms with Gasteiger partial charge in [0.15, 0.2) is 0 Å². The molecule has 28 heavy (non-hydrogen) atoms. The molecular formula is C22H32N4OS. The van der Waals surface area contributed by atoms with Crippen LogP contribution in [0, 0.1) is 0 Å². The molecule has 0 unspecified atom stereocenters. The van der Waals surface area contributed by atoms with E-state index in [1.165, 1.54) is 66.3 Å². The van der Waals surface area contributed by atoms with E-state index in [1.54, 1.807) is 0 Å². The molecule has 1 spiro atoms. The van der Waals surface area contributed by atoms with Crippen LogP contribution in [0.2, 0.25) is 0 Å². The quantitative estimate of drug-likeness (QED) is 0.821. The van der Waals surface area contributed by atoms with E-state index in [0.717, 1.165) is 32.7 Å². The number of fused-ring (bicyclic) bond motifs is 2. The Labute approximate surface area is 172 Å². The number of nitrogens with zero attached hydrogens (tertiary/aromatic N) is 3. The molecule has 1 atom stereocenters. The third kappa shape index (κ3) is 3.34. The highest BCUT2D eigenvalue weighted by atomic mass is 32.1. The molecule has 0 saturated carbocycles. The van der Waals surface area contributed by atoms with Gasteiger partial charge < -0.3 is 9.72 Å². The van der Waals surface area contributed by atoms with Crippen LogP contribution in [0.5, 0.6) is 0 Å². The normalized spacial score (nSPS) is 25.4. The van der Waals surface area contributed by atoms with Crippen molar-refractivity contribution in [3.63, 3.8) is 0 Å². The molecule has 1 N–H and O–H groups in total. The highest BCUT2D eigenvalue weighted by molar-refractivity contribution is 7.12. The van der Waals surface area contributed by atoms with Gasteiger partial charge in [0.25, 0.3) is 0 Å². The van der Waals surface area contributed by atoms with Crippen molar-refractivity contribution in [2.24, 2.45) is 0 Å². The van der Waals surface area contributed by atoms with Crippen molar-refractivity contribution >= 4 is 11.3 Å². The van der Waals surface area contributed by atoms with Crippen LogP contribution in [0.3, 0.4) is 0 Å². The Morgan fingerprint density at radius 3 is 2.96 bits per heavy atom. The number of rotatable bonds is 5. The van der Waals surface area contributed by atoms with E-state index in [1.807, 2.05) is 17.7 Å². The Balaban J connectivity index is 1.27. The van der Waals surface area contributed by atoms with Crippen LogP contribution in [0.4, 0.5) is 0 Å². The maximum absolute atomic E-state index is 5.86. The number of hydrogen-bond acceptors (Lipinski definition) is 5. The number of ether oxygens (including phenoxy) is 1. The first-order chi connectivity index (χ1) is 13.8. The number of hydrogen-bond donors (Lipinski definition) is 1. The van der Waals surface area contributed by atoms with E-state index in [0.29, 0.717) is 6.10 Å². The fourth-order valence-electron chi connectivity index (χ4n) is 5.43. The molecule has 0 amide bonds. The molecule has 0 radical (unpaired) electrons. The van der Waals surface area contributed by atoms with Gasteiger partial charge in [-0.15, -0.1) is 11.3 Å². The molecule has 5 heterocycles. The molecule has 6 heteroatoms. The van der Waals surface area contributed by atoms with Crippen LogP contribution in [0.25, 0.3) is 0 Å². The lowest BCUT2D eigenvalue weighted by molar-refractivity contribution is 0.00376. The fraction of sp³-hybridized carbons (Fsp3) is 0.682. The average Bonchev–Trinajstić information content (AvgIpc) is 3.47. The molecule has 0 aliphatic carbocycles. The zero-order valence-corrected chi connectivity index (χ0v) is 17.8. The van der Waals surface area contributed by atoms with Gasteiger partial charge in [-0.2, -0.15) is 0 Å². The molecule has 2 saturated heterocycles. The summed E-state index contributed by atoms with van der Waals surface area (Å²) < 4.78 is 5.86. The summed E-state index contributed by atoms with van der Waals surface area (Å²) in [6.07, 6.45) is 9.36. The van der Waals surface area contributed by atoms with Crippen LogP contribution >= 0.6 is 11.3 Å². The molecule has 5 rings (SSSR count). The number of aromatic nitrogens is 2. The number of nitrogens with one attached hydrogen (secondary N) is 1. The van der Waals surface area contributed by atoms with Crippen molar-refractivity contribution in [3.8, 4) is 0 Å².